The Hall–Kier alpha value is -1.78. The second-order valence-corrected chi connectivity index (χ2v) is 5.61. The fraction of sp³-hybridized carbons (Fsp3) is 0.571. The molecule has 0 aromatic carbocycles. The predicted octanol–water partition coefficient (Wildman–Crippen LogP) is 1.94. The first-order chi connectivity index (χ1) is 9.09. The molecular formula is C14H20N4O. The Balaban J connectivity index is 2.00. The molecule has 2 bridgehead atoms. The molecule has 1 saturated heterocycles. The number of fused-ring (bicyclic) bond motifs is 4. The maximum atomic E-state index is 12.7. The molecule has 1 fully saturated rings. The van der Waals surface area contributed by atoms with Gasteiger partial charge in [0.25, 0.3) is 0 Å². The van der Waals surface area contributed by atoms with Gasteiger partial charge in [0.1, 0.15) is 0 Å². The van der Waals surface area contributed by atoms with Crippen molar-refractivity contribution >= 4 is 17.4 Å². The lowest BCUT2D eigenvalue weighted by atomic mass is 10.1. The quantitative estimate of drug-likeness (QED) is 0.774. The van der Waals surface area contributed by atoms with Gasteiger partial charge >= 0.3 is 6.03 Å². The lowest BCUT2D eigenvalue weighted by molar-refractivity contribution is 0.202. The normalized spacial score (nSPS) is 20.7. The Labute approximate surface area is 113 Å². The molecule has 0 spiro atoms. The smallest absolute Gasteiger partial charge is 0.324 e. The number of anilines is 2. The number of pyridine rings is 1. The van der Waals surface area contributed by atoms with Crippen LogP contribution in [0.25, 0.3) is 0 Å². The van der Waals surface area contributed by atoms with Gasteiger partial charge in [0.2, 0.25) is 0 Å². The number of nitrogens with zero attached hydrogens (tertiary/aromatic N) is 4. The van der Waals surface area contributed by atoms with Gasteiger partial charge in [0, 0.05) is 32.4 Å². The highest BCUT2D eigenvalue weighted by molar-refractivity contribution is 5.97. The van der Waals surface area contributed by atoms with Gasteiger partial charge in [0.05, 0.1) is 23.6 Å². The number of aromatic nitrogens is 1. The van der Waals surface area contributed by atoms with Gasteiger partial charge in [-0.25, -0.2) is 4.79 Å². The minimum atomic E-state index is 0.0917. The molecule has 1 aromatic rings. The summed E-state index contributed by atoms with van der Waals surface area (Å²) in [5.41, 5.74) is 2.09. The van der Waals surface area contributed by atoms with Crippen molar-refractivity contribution < 1.29 is 4.79 Å². The predicted molar refractivity (Wildman–Crippen MR) is 75.6 cm³/mol. The second kappa shape index (κ2) is 4.40. The van der Waals surface area contributed by atoms with Crippen LogP contribution in [0.1, 0.15) is 20.3 Å². The Bertz CT molecular complexity index is 502. The van der Waals surface area contributed by atoms with Crippen molar-refractivity contribution in [2.45, 2.75) is 32.4 Å². The maximum absolute atomic E-state index is 12.7. The van der Waals surface area contributed by atoms with Crippen molar-refractivity contribution in [3.8, 4) is 0 Å². The molecule has 2 aliphatic heterocycles. The van der Waals surface area contributed by atoms with E-state index >= 15 is 0 Å². The fourth-order valence-electron chi connectivity index (χ4n) is 2.84. The minimum Gasteiger partial charge on any atom is -0.366 e. The van der Waals surface area contributed by atoms with E-state index in [9.17, 15) is 4.79 Å². The van der Waals surface area contributed by atoms with Crippen LogP contribution in [0.2, 0.25) is 0 Å². The Kier molecular flexibility index (Phi) is 2.84. The van der Waals surface area contributed by atoms with E-state index in [-0.39, 0.29) is 12.1 Å². The number of urea groups is 1. The van der Waals surface area contributed by atoms with E-state index in [4.69, 9.17) is 0 Å². The van der Waals surface area contributed by atoms with Gasteiger partial charge in [-0.2, -0.15) is 0 Å². The Morgan fingerprint density at radius 1 is 1.47 bits per heavy atom. The van der Waals surface area contributed by atoms with Crippen LogP contribution in [0.5, 0.6) is 0 Å². The fourth-order valence-corrected chi connectivity index (χ4v) is 2.84. The SMILES string of the molecule is CC(C)N(C)C(=O)N1c2ccncc2N2CCC1C2. The van der Waals surface area contributed by atoms with E-state index in [2.05, 4.69) is 9.88 Å². The van der Waals surface area contributed by atoms with Crippen LogP contribution in [-0.2, 0) is 0 Å². The summed E-state index contributed by atoms with van der Waals surface area (Å²) in [6.45, 7) is 6.02. The lowest BCUT2D eigenvalue weighted by Gasteiger charge is -2.39. The van der Waals surface area contributed by atoms with Crippen molar-refractivity contribution in [1.29, 1.82) is 0 Å². The molecule has 19 heavy (non-hydrogen) atoms. The molecular weight excluding hydrogens is 240 g/mol. The Morgan fingerprint density at radius 2 is 2.26 bits per heavy atom. The molecule has 1 aromatic heterocycles. The molecule has 0 aliphatic carbocycles. The highest BCUT2D eigenvalue weighted by Gasteiger charge is 2.40. The standard InChI is InChI=1S/C14H20N4O/c1-10(2)16(3)14(19)18-11-5-7-17(9-11)13-8-15-6-4-12(13)18/h4,6,8,10-11H,5,7,9H2,1-3H3. The van der Waals surface area contributed by atoms with Gasteiger partial charge in [-0.1, -0.05) is 0 Å². The molecule has 3 rings (SSSR count). The summed E-state index contributed by atoms with van der Waals surface area (Å²) in [4.78, 5) is 23.0. The summed E-state index contributed by atoms with van der Waals surface area (Å²) in [5.74, 6) is 0. The summed E-state index contributed by atoms with van der Waals surface area (Å²) in [5, 5.41) is 0. The zero-order chi connectivity index (χ0) is 13.6. The van der Waals surface area contributed by atoms with E-state index in [0.717, 1.165) is 30.9 Å². The van der Waals surface area contributed by atoms with E-state index < -0.39 is 0 Å². The molecule has 2 aliphatic rings. The zero-order valence-electron chi connectivity index (χ0n) is 11.7. The summed E-state index contributed by atoms with van der Waals surface area (Å²) >= 11 is 0. The summed E-state index contributed by atoms with van der Waals surface area (Å²) < 4.78 is 0. The molecule has 1 atom stereocenters. The summed E-state index contributed by atoms with van der Waals surface area (Å²) in [6.07, 6.45) is 4.67. The molecule has 0 N–H and O–H groups in total. The average Bonchev–Trinajstić information content (AvgIpc) is 2.82. The van der Waals surface area contributed by atoms with Gasteiger partial charge in [0.15, 0.2) is 0 Å². The first-order valence-corrected chi connectivity index (χ1v) is 6.84. The summed E-state index contributed by atoms with van der Waals surface area (Å²) in [6, 6.07) is 2.54. The minimum absolute atomic E-state index is 0.0917. The number of carbonyl (C=O) groups is 1. The lowest BCUT2D eigenvalue weighted by Crippen LogP contribution is -2.52. The van der Waals surface area contributed by atoms with Crippen LogP contribution in [-0.4, -0.2) is 48.1 Å². The van der Waals surface area contributed by atoms with E-state index in [0.29, 0.717) is 6.04 Å². The molecule has 1 unspecified atom stereocenters. The zero-order valence-corrected chi connectivity index (χ0v) is 11.7. The van der Waals surface area contributed by atoms with E-state index in [1.165, 1.54) is 0 Å². The molecule has 0 radical (unpaired) electrons. The number of hydrogen-bond donors (Lipinski definition) is 0. The van der Waals surface area contributed by atoms with Crippen molar-refractivity contribution in [3.63, 3.8) is 0 Å². The first kappa shape index (κ1) is 12.3. The molecule has 102 valence electrons. The van der Waals surface area contributed by atoms with Crippen LogP contribution in [0, 0.1) is 0 Å². The maximum Gasteiger partial charge on any atom is 0.324 e. The molecule has 0 saturated carbocycles. The Morgan fingerprint density at radius 3 is 3.00 bits per heavy atom. The third-order valence-electron chi connectivity index (χ3n) is 4.19. The highest BCUT2D eigenvalue weighted by Crippen LogP contribution is 2.39. The van der Waals surface area contributed by atoms with Crippen LogP contribution < -0.4 is 9.80 Å². The second-order valence-electron chi connectivity index (χ2n) is 5.61. The third-order valence-corrected chi connectivity index (χ3v) is 4.19. The van der Waals surface area contributed by atoms with Crippen molar-refractivity contribution in [2.24, 2.45) is 0 Å². The number of hydrogen-bond acceptors (Lipinski definition) is 3. The van der Waals surface area contributed by atoms with Crippen molar-refractivity contribution in [1.82, 2.24) is 9.88 Å². The first-order valence-electron chi connectivity index (χ1n) is 6.84. The van der Waals surface area contributed by atoms with Crippen molar-refractivity contribution in [3.05, 3.63) is 18.5 Å². The molecule has 3 heterocycles. The van der Waals surface area contributed by atoms with Crippen LogP contribution in [0.15, 0.2) is 18.5 Å². The molecule has 5 heteroatoms. The molecule has 2 amide bonds. The topological polar surface area (TPSA) is 39.7 Å². The van der Waals surface area contributed by atoms with Gasteiger partial charge < -0.3 is 9.80 Å². The van der Waals surface area contributed by atoms with E-state index in [1.54, 1.807) is 11.1 Å². The largest absolute Gasteiger partial charge is 0.366 e. The monoisotopic (exact) mass is 260 g/mol. The molecule has 5 nitrogen and oxygen atoms in total. The van der Waals surface area contributed by atoms with E-state index in [1.807, 2.05) is 38.1 Å². The van der Waals surface area contributed by atoms with Gasteiger partial charge in [-0.15, -0.1) is 0 Å². The van der Waals surface area contributed by atoms with Gasteiger partial charge in [-0.05, 0) is 26.3 Å². The van der Waals surface area contributed by atoms with Crippen LogP contribution in [0.4, 0.5) is 16.2 Å². The van der Waals surface area contributed by atoms with Crippen LogP contribution >= 0.6 is 0 Å². The number of carbonyl (C=O) groups excluding carboxylic acids is 1. The number of rotatable bonds is 1. The third kappa shape index (κ3) is 1.84. The van der Waals surface area contributed by atoms with Gasteiger partial charge in [-0.3, -0.25) is 9.88 Å². The van der Waals surface area contributed by atoms with Crippen LogP contribution in [0.3, 0.4) is 0 Å². The average molecular weight is 260 g/mol. The van der Waals surface area contributed by atoms with Crippen molar-refractivity contribution in [2.75, 3.05) is 29.9 Å². The highest BCUT2D eigenvalue weighted by atomic mass is 16.2. The summed E-state index contributed by atoms with van der Waals surface area (Å²) in [7, 11) is 1.87. The number of amides is 2.